The van der Waals surface area contributed by atoms with Crippen molar-refractivity contribution >= 4 is 17.2 Å². The van der Waals surface area contributed by atoms with Gasteiger partial charge in [-0.1, -0.05) is 0 Å². The molecule has 0 bridgehead atoms. The van der Waals surface area contributed by atoms with Gasteiger partial charge in [-0.25, -0.2) is 4.98 Å². The molecule has 1 aliphatic rings. The maximum atomic E-state index is 12.1. The summed E-state index contributed by atoms with van der Waals surface area (Å²) in [6, 6.07) is -0.228. The summed E-state index contributed by atoms with van der Waals surface area (Å²) in [5.74, 6) is 0.0363. The minimum Gasteiger partial charge on any atom is -0.347 e. The van der Waals surface area contributed by atoms with E-state index in [1.165, 1.54) is 0 Å². The van der Waals surface area contributed by atoms with Crippen molar-refractivity contribution in [2.45, 2.75) is 38.8 Å². The monoisotopic (exact) mass is 317 g/mol. The Labute approximate surface area is 133 Å². The molecule has 1 unspecified atom stereocenters. The molecule has 1 fully saturated rings. The third-order valence-corrected chi connectivity index (χ3v) is 4.78. The van der Waals surface area contributed by atoms with Crippen molar-refractivity contribution in [3.05, 3.63) is 29.3 Å². The van der Waals surface area contributed by atoms with Crippen LogP contribution in [0.2, 0.25) is 0 Å². The second-order valence-electron chi connectivity index (χ2n) is 5.47. The van der Waals surface area contributed by atoms with Crippen LogP contribution in [0.15, 0.2) is 17.9 Å². The van der Waals surface area contributed by atoms with Crippen LogP contribution in [-0.4, -0.2) is 33.4 Å². The van der Waals surface area contributed by atoms with E-state index in [0.29, 0.717) is 0 Å². The lowest BCUT2D eigenvalue weighted by atomic mass is 10.2. The third-order valence-electron chi connectivity index (χ3n) is 3.83. The molecule has 1 saturated heterocycles. The number of thiazole rings is 1. The first kappa shape index (κ1) is 15.1. The van der Waals surface area contributed by atoms with Gasteiger partial charge in [0.25, 0.3) is 0 Å². The molecule has 0 aliphatic carbocycles. The third kappa shape index (κ3) is 3.15. The van der Waals surface area contributed by atoms with Crippen LogP contribution in [0.4, 0.5) is 0 Å². The van der Waals surface area contributed by atoms with E-state index < -0.39 is 0 Å². The fourth-order valence-electron chi connectivity index (χ4n) is 2.52. The first-order valence-electron chi connectivity index (χ1n) is 7.41. The van der Waals surface area contributed by atoms with E-state index in [1.54, 1.807) is 29.2 Å². The minimum absolute atomic E-state index is 0.0363. The summed E-state index contributed by atoms with van der Waals surface area (Å²) in [6.45, 7) is 4.79. The normalized spacial score (nSPS) is 19.1. The van der Waals surface area contributed by atoms with Crippen molar-refractivity contribution < 1.29 is 4.79 Å². The maximum Gasteiger partial charge on any atom is 0.237 e. The van der Waals surface area contributed by atoms with E-state index in [0.717, 1.165) is 41.3 Å². The van der Waals surface area contributed by atoms with Gasteiger partial charge < -0.3 is 10.6 Å². The molecule has 1 amide bonds. The van der Waals surface area contributed by atoms with Gasteiger partial charge in [0.2, 0.25) is 5.91 Å². The molecule has 116 valence electrons. The van der Waals surface area contributed by atoms with E-state index in [2.05, 4.69) is 25.6 Å². The number of carbonyl (C=O) groups is 1. The molecule has 6 nitrogen and oxygen atoms in total. The van der Waals surface area contributed by atoms with Crippen molar-refractivity contribution in [3.63, 3.8) is 0 Å². The van der Waals surface area contributed by atoms with Gasteiger partial charge in [-0.05, 0) is 33.2 Å². The number of nitrogens with one attached hydrogen (secondary N) is 2. The van der Waals surface area contributed by atoms with Crippen molar-refractivity contribution in [2.24, 2.45) is 0 Å². The average Bonchev–Trinajstić information content (AvgIpc) is 3.18. The van der Waals surface area contributed by atoms with Crippen LogP contribution in [-0.2, 0) is 4.79 Å². The lowest BCUT2D eigenvalue weighted by Crippen LogP contribution is -2.41. The predicted octanol–water partition coefficient (Wildman–Crippen LogP) is 1.84. The molecular formula is C15H19N5OS. The van der Waals surface area contributed by atoms with Gasteiger partial charge in [0.05, 0.1) is 46.3 Å². The van der Waals surface area contributed by atoms with Crippen LogP contribution in [0.1, 0.15) is 37.2 Å². The summed E-state index contributed by atoms with van der Waals surface area (Å²) in [7, 11) is 0. The van der Waals surface area contributed by atoms with Crippen molar-refractivity contribution in [1.82, 2.24) is 25.6 Å². The molecular weight excluding hydrogens is 298 g/mol. The van der Waals surface area contributed by atoms with E-state index in [-0.39, 0.29) is 18.0 Å². The zero-order valence-corrected chi connectivity index (χ0v) is 13.5. The molecule has 2 atom stereocenters. The van der Waals surface area contributed by atoms with Gasteiger partial charge in [-0.2, -0.15) is 0 Å². The average molecular weight is 317 g/mol. The molecule has 0 saturated carbocycles. The molecule has 22 heavy (non-hydrogen) atoms. The maximum absolute atomic E-state index is 12.1. The molecule has 0 aromatic carbocycles. The molecule has 2 aromatic rings. The largest absolute Gasteiger partial charge is 0.347 e. The van der Waals surface area contributed by atoms with Crippen LogP contribution in [0.25, 0.3) is 10.6 Å². The van der Waals surface area contributed by atoms with Gasteiger partial charge in [0, 0.05) is 0 Å². The number of amides is 1. The Morgan fingerprint density at radius 2 is 2.27 bits per heavy atom. The standard InChI is InChI=1S/C15H19N5OS/c1-9(20-15(21)11-4-3-5-16-11)12-6-18-13(7-17-12)14-10(2)19-8-22-14/h6-9,11,16H,3-5H2,1-2H3,(H,20,21)/t9?,11-/m0/s1. The van der Waals surface area contributed by atoms with Crippen molar-refractivity contribution in [3.8, 4) is 10.6 Å². The number of nitrogens with zero attached hydrogens (tertiary/aromatic N) is 3. The molecule has 2 aromatic heterocycles. The first-order chi connectivity index (χ1) is 10.6. The Balaban J connectivity index is 1.67. The van der Waals surface area contributed by atoms with Crippen molar-refractivity contribution in [1.29, 1.82) is 0 Å². The van der Waals surface area contributed by atoms with E-state index >= 15 is 0 Å². The van der Waals surface area contributed by atoms with Crippen LogP contribution in [0.5, 0.6) is 0 Å². The highest BCUT2D eigenvalue weighted by Gasteiger charge is 2.23. The highest BCUT2D eigenvalue weighted by atomic mass is 32.1. The summed E-state index contributed by atoms with van der Waals surface area (Å²) in [6.07, 6.45) is 5.41. The minimum atomic E-state index is -0.154. The van der Waals surface area contributed by atoms with Gasteiger partial charge in [-0.15, -0.1) is 11.3 Å². The molecule has 2 N–H and O–H groups in total. The Morgan fingerprint density at radius 3 is 2.86 bits per heavy atom. The Hall–Kier alpha value is -1.86. The number of aromatic nitrogens is 3. The topological polar surface area (TPSA) is 79.8 Å². The van der Waals surface area contributed by atoms with Crippen LogP contribution >= 0.6 is 11.3 Å². The molecule has 1 aliphatic heterocycles. The summed E-state index contributed by atoms with van der Waals surface area (Å²) in [5, 5.41) is 6.18. The van der Waals surface area contributed by atoms with E-state index in [4.69, 9.17) is 0 Å². The first-order valence-corrected chi connectivity index (χ1v) is 8.29. The molecule has 7 heteroatoms. The zero-order chi connectivity index (χ0) is 15.5. The summed E-state index contributed by atoms with van der Waals surface area (Å²) < 4.78 is 0. The van der Waals surface area contributed by atoms with Crippen molar-refractivity contribution in [2.75, 3.05) is 6.54 Å². The Morgan fingerprint density at radius 1 is 1.41 bits per heavy atom. The van der Waals surface area contributed by atoms with Crippen LogP contribution < -0.4 is 10.6 Å². The fourth-order valence-corrected chi connectivity index (χ4v) is 3.29. The molecule has 3 heterocycles. The number of rotatable bonds is 4. The second kappa shape index (κ2) is 6.50. The fraction of sp³-hybridized carbons (Fsp3) is 0.467. The van der Waals surface area contributed by atoms with Crippen LogP contribution in [0, 0.1) is 6.92 Å². The number of hydrogen-bond acceptors (Lipinski definition) is 6. The van der Waals surface area contributed by atoms with Gasteiger partial charge >= 0.3 is 0 Å². The van der Waals surface area contributed by atoms with Gasteiger partial charge in [0.15, 0.2) is 0 Å². The Kier molecular flexibility index (Phi) is 4.44. The number of hydrogen-bond donors (Lipinski definition) is 2. The van der Waals surface area contributed by atoms with Gasteiger partial charge in [-0.3, -0.25) is 14.8 Å². The molecule has 0 spiro atoms. The van der Waals surface area contributed by atoms with Crippen LogP contribution in [0.3, 0.4) is 0 Å². The molecule has 0 radical (unpaired) electrons. The highest BCUT2D eigenvalue weighted by molar-refractivity contribution is 7.13. The van der Waals surface area contributed by atoms with Gasteiger partial charge in [0.1, 0.15) is 5.69 Å². The quantitative estimate of drug-likeness (QED) is 0.899. The summed E-state index contributed by atoms with van der Waals surface area (Å²) in [5.41, 5.74) is 4.34. The number of aryl methyl sites for hydroxylation is 1. The molecule has 3 rings (SSSR count). The zero-order valence-electron chi connectivity index (χ0n) is 12.7. The Bertz CT molecular complexity index is 648. The summed E-state index contributed by atoms with van der Waals surface area (Å²) >= 11 is 1.55. The SMILES string of the molecule is Cc1ncsc1-c1cnc(C(C)NC(=O)[C@@H]2CCCN2)cn1. The lowest BCUT2D eigenvalue weighted by Gasteiger charge is -2.16. The van der Waals surface area contributed by atoms with E-state index in [1.807, 2.05) is 13.8 Å². The second-order valence-corrected chi connectivity index (χ2v) is 6.33. The highest BCUT2D eigenvalue weighted by Crippen LogP contribution is 2.25. The van der Waals surface area contributed by atoms with E-state index in [9.17, 15) is 4.79 Å². The summed E-state index contributed by atoms with van der Waals surface area (Å²) in [4.78, 5) is 26.2. The smallest absolute Gasteiger partial charge is 0.237 e. The lowest BCUT2D eigenvalue weighted by molar-refractivity contribution is -0.123. The predicted molar refractivity (Wildman–Crippen MR) is 85.5 cm³/mol. The number of carbonyl (C=O) groups excluding carboxylic acids is 1.